The van der Waals surface area contributed by atoms with Crippen molar-refractivity contribution < 1.29 is 9.47 Å². The average Bonchev–Trinajstić information content (AvgIpc) is 2.09. The molecule has 0 aliphatic rings. The second-order valence-corrected chi connectivity index (χ2v) is 3.27. The van der Waals surface area contributed by atoms with Crippen LogP contribution in [0.2, 0.25) is 0 Å². The second kappa shape index (κ2) is 9.96. The molecule has 0 aromatic heterocycles. The van der Waals surface area contributed by atoms with Crippen LogP contribution in [0.4, 0.5) is 0 Å². The average molecular weight is 189 g/mol. The maximum absolute atomic E-state index is 5.39. The van der Waals surface area contributed by atoms with Crippen LogP contribution >= 0.6 is 0 Å². The molecule has 0 atom stereocenters. The quantitative estimate of drug-likeness (QED) is 0.557. The van der Waals surface area contributed by atoms with E-state index in [2.05, 4.69) is 19.2 Å². The Hall–Kier alpha value is -0.120. The van der Waals surface area contributed by atoms with E-state index in [0.717, 1.165) is 39.4 Å². The van der Waals surface area contributed by atoms with Crippen LogP contribution in [0.5, 0.6) is 0 Å². The molecule has 0 radical (unpaired) electrons. The van der Waals surface area contributed by atoms with Gasteiger partial charge < -0.3 is 14.8 Å². The van der Waals surface area contributed by atoms with Crippen LogP contribution in [-0.4, -0.2) is 39.0 Å². The Bertz CT molecular complexity index is 96.9. The number of ether oxygens (including phenoxy) is 2. The lowest BCUT2D eigenvalue weighted by molar-refractivity contribution is 0.0885. The molecule has 0 aliphatic heterocycles. The molecule has 0 saturated heterocycles. The van der Waals surface area contributed by atoms with Crippen LogP contribution in [0, 0.1) is 0 Å². The number of nitrogens with one attached hydrogen (secondary N) is 1. The molecule has 0 aromatic carbocycles. The molecular formula is C10H23NO2. The Morgan fingerprint density at radius 1 is 1.08 bits per heavy atom. The van der Waals surface area contributed by atoms with E-state index in [1.165, 1.54) is 0 Å². The van der Waals surface area contributed by atoms with Gasteiger partial charge in [-0.1, -0.05) is 13.8 Å². The van der Waals surface area contributed by atoms with E-state index in [-0.39, 0.29) is 0 Å². The molecule has 0 spiro atoms. The zero-order valence-corrected chi connectivity index (χ0v) is 9.14. The van der Waals surface area contributed by atoms with Gasteiger partial charge in [-0.05, 0) is 13.3 Å². The summed E-state index contributed by atoms with van der Waals surface area (Å²) in [5.74, 6) is 0. The molecule has 0 aliphatic carbocycles. The van der Waals surface area contributed by atoms with Gasteiger partial charge >= 0.3 is 0 Å². The van der Waals surface area contributed by atoms with Crippen molar-refractivity contribution in [1.82, 2.24) is 5.32 Å². The molecule has 0 bridgehead atoms. The van der Waals surface area contributed by atoms with Crippen molar-refractivity contribution in [2.45, 2.75) is 33.2 Å². The molecular weight excluding hydrogens is 166 g/mol. The molecule has 0 saturated carbocycles. The monoisotopic (exact) mass is 189 g/mol. The molecule has 1 N–H and O–H groups in total. The first kappa shape index (κ1) is 12.9. The van der Waals surface area contributed by atoms with Crippen LogP contribution < -0.4 is 5.32 Å². The summed E-state index contributed by atoms with van der Waals surface area (Å²) in [5.41, 5.74) is 0. The van der Waals surface area contributed by atoms with Gasteiger partial charge in [0.2, 0.25) is 0 Å². The molecule has 0 amide bonds. The highest BCUT2D eigenvalue weighted by atomic mass is 16.5. The van der Waals surface area contributed by atoms with Gasteiger partial charge in [-0.15, -0.1) is 0 Å². The fourth-order valence-corrected chi connectivity index (χ4v) is 0.929. The summed E-state index contributed by atoms with van der Waals surface area (Å²) in [7, 11) is 0. The number of hydrogen-bond acceptors (Lipinski definition) is 3. The highest BCUT2D eigenvalue weighted by Gasteiger charge is 1.92. The summed E-state index contributed by atoms with van der Waals surface area (Å²) < 4.78 is 10.6. The van der Waals surface area contributed by atoms with E-state index in [0.29, 0.717) is 6.04 Å². The van der Waals surface area contributed by atoms with E-state index >= 15 is 0 Å². The summed E-state index contributed by atoms with van der Waals surface area (Å²) in [4.78, 5) is 0. The predicted molar refractivity (Wildman–Crippen MR) is 55.1 cm³/mol. The van der Waals surface area contributed by atoms with Crippen LogP contribution in [-0.2, 0) is 9.47 Å². The molecule has 0 heterocycles. The Balaban J connectivity index is 2.84. The van der Waals surface area contributed by atoms with Crippen LogP contribution in [0.1, 0.15) is 27.2 Å². The van der Waals surface area contributed by atoms with Gasteiger partial charge in [0.05, 0.1) is 6.61 Å². The highest BCUT2D eigenvalue weighted by Crippen LogP contribution is 1.84. The second-order valence-electron chi connectivity index (χ2n) is 3.27. The van der Waals surface area contributed by atoms with Crippen LogP contribution in [0.25, 0.3) is 0 Å². The lowest BCUT2D eigenvalue weighted by atomic mass is 10.4. The summed E-state index contributed by atoms with van der Waals surface area (Å²) >= 11 is 0. The maximum Gasteiger partial charge on any atom is 0.0591 e. The van der Waals surface area contributed by atoms with Crippen molar-refractivity contribution >= 4 is 0 Å². The number of rotatable bonds is 9. The molecule has 80 valence electrons. The third-order valence-electron chi connectivity index (χ3n) is 1.58. The Morgan fingerprint density at radius 3 is 2.38 bits per heavy atom. The molecule has 3 heteroatoms. The Kier molecular flexibility index (Phi) is 9.87. The number of hydrogen-bond donors (Lipinski definition) is 1. The molecule has 0 aromatic rings. The summed E-state index contributed by atoms with van der Waals surface area (Å²) in [6.45, 7) is 10.4. The van der Waals surface area contributed by atoms with Crippen molar-refractivity contribution in [1.29, 1.82) is 0 Å². The van der Waals surface area contributed by atoms with Crippen LogP contribution in [0.3, 0.4) is 0 Å². The summed E-state index contributed by atoms with van der Waals surface area (Å²) in [6.07, 6.45) is 0.996. The first-order valence-corrected chi connectivity index (χ1v) is 5.16. The third kappa shape index (κ3) is 11.9. The van der Waals surface area contributed by atoms with Crippen molar-refractivity contribution in [2.75, 3.05) is 33.0 Å². The Labute approximate surface area is 81.8 Å². The summed E-state index contributed by atoms with van der Waals surface area (Å²) in [6, 6.07) is 0.548. The first-order valence-electron chi connectivity index (χ1n) is 5.16. The van der Waals surface area contributed by atoms with E-state index in [4.69, 9.17) is 9.47 Å². The minimum atomic E-state index is 0.548. The first-order chi connectivity index (χ1) is 6.27. The smallest absolute Gasteiger partial charge is 0.0591 e. The molecule has 0 fully saturated rings. The highest BCUT2D eigenvalue weighted by molar-refractivity contribution is 4.50. The van der Waals surface area contributed by atoms with Crippen LogP contribution in [0.15, 0.2) is 0 Å². The summed E-state index contributed by atoms with van der Waals surface area (Å²) in [5, 5.41) is 3.29. The van der Waals surface area contributed by atoms with Crippen molar-refractivity contribution in [3.05, 3.63) is 0 Å². The zero-order chi connectivity index (χ0) is 9.94. The lowest BCUT2D eigenvalue weighted by Gasteiger charge is -2.08. The van der Waals surface area contributed by atoms with Gasteiger partial charge in [-0.25, -0.2) is 0 Å². The maximum atomic E-state index is 5.39. The van der Waals surface area contributed by atoms with Gasteiger partial charge in [0, 0.05) is 32.4 Å². The Morgan fingerprint density at radius 2 is 1.77 bits per heavy atom. The van der Waals surface area contributed by atoms with Gasteiger partial charge in [0.15, 0.2) is 0 Å². The van der Waals surface area contributed by atoms with Crippen molar-refractivity contribution in [3.63, 3.8) is 0 Å². The van der Waals surface area contributed by atoms with E-state index in [1.807, 2.05) is 6.92 Å². The molecule has 0 unspecified atom stereocenters. The van der Waals surface area contributed by atoms with Crippen molar-refractivity contribution in [3.8, 4) is 0 Å². The SMILES string of the molecule is CCOCCCOCCNC(C)C. The molecule has 3 nitrogen and oxygen atoms in total. The molecule has 13 heavy (non-hydrogen) atoms. The third-order valence-corrected chi connectivity index (χ3v) is 1.58. The predicted octanol–water partition coefficient (Wildman–Crippen LogP) is 1.43. The zero-order valence-electron chi connectivity index (χ0n) is 9.14. The standard InChI is InChI=1S/C10H23NO2/c1-4-12-7-5-8-13-9-6-11-10(2)3/h10-11H,4-9H2,1-3H3. The van der Waals surface area contributed by atoms with Gasteiger partial charge in [0.25, 0.3) is 0 Å². The van der Waals surface area contributed by atoms with Gasteiger partial charge in [-0.2, -0.15) is 0 Å². The fourth-order valence-electron chi connectivity index (χ4n) is 0.929. The van der Waals surface area contributed by atoms with Crippen molar-refractivity contribution in [2.24, 2.45) is 0 Å². The van der Waals surface area contributed by atoms with E-state index in [1.54, 1.807) is 0 Å². The van der Waals surface area contributed by atoms with E-state index in [9.17, 15) is 0 Å². The fraction of sp³-hybridized carbons (Fsp3) is 1.00. The van der Waals surface area contributed by atoms with E-state index < -0.39 is 0 Å². The normalized spacial score (nSPS) is 11.1. The minimum Gasteiger partial charge on any atom is -0.382 e. The van der Waals surface area contributed by atoms with Gasteiger partial charge in [0.1, 0.15) is 0 Å². The molecule has 0 rings (SSSR count). The topological polar surface area (TPSA) is 30.5 Å². The lowest BCUT2D eigenvalue weighted by Crippen LogP contribution is -2.26. The largest absolute Gasteiger partial charge is 0.382 e. The van der Waals surface area contributed by atoms with Gasteiger partial charge in [-0.3, -0.25) is 0 Å². The minimum absolute atomic E-state index is 0.548.